The predicted octanol–water partition coefficient (Wildman–Crippen LogP) is 3.07. The first-order valence-corrected chi connectivity index (χ1v) is 6.86. The first kappa shape index (κ1) is 15.5. The van der Waals surface area contributed by atoms with Crippen molar-refractivity contribution in [3.05, 3.63) is 34.9 Å². The minimum absolute atomic E-state index is 0.168. The minimum atomic E-state index is -0.349. The molecule has 1 aromatic carbocycles. The quantitative estimate of drug-likeness (QED) is 0.622. The standard InChI is InChI=1S/C14H19ClN2O2/c1-2-3-4-5-6-13(18)16-17-14(19)11-7-9-12(15)10-8-11/h7-10H,2-6H2,1H3,(H,16,18)(H,17,19). The summed E-state index contributed by atoms with van der Waals surface area (Å²) in [4.78, 5) is 23.1. The average molecular weight is 283 g/mol. The van der Waals surface area contributed by atoms with Crippen LogP contribution in [0.2, 0.25) is 5.02 Å². The van der Waals surface area contributed by atoms with Gasteiger partial charge in [0, 0.05) is 17.0 Å². The van der Waals surface area contributed by atoms with Crippen LogP contribution in [0, 0.1) is 0 Å². The van der Waals surface area contributed by atoms with E-state index in [1.807, 2.05) is 0 Å². The molecule has 1 rings (SSSR count). The summed E-state index contributed by atoms with van der Waals surface area (Å²) in [5, 5.41) is 0.566. The zero-order valence-corrected chi connectivity index (χ0v) is 11.8. The Balaban J connectivity index is 2.26. The Morgan fingerprint density at radius 1 is 1.05 bits per heavy atom. The lowest BCUT2D eigenvalue weighted by Gasteiger charge is -2.07. The first-order chi connectivity index (χ1) is 9.13. The molecule has 1 aromatic rings. The number of nitrogens with one attached hydrogen (secondary N) is 2. The van der Waals surface area contributed by atoms with E-state index >= 15 is 0 Å². The fraction of sp³-hybridized carbons (Fsp3) is 0.429. The highest BCUT2D eigenvalue weighted by Gasteiger charge is 2.06. The van der Waals surface area contributed by atoms with Crippen LogP contribution in [0.25, 0.3) is 0 Å². The highest BCUT2D eigenvalue weighted by Crippen LogP contribution is 2.09. The molecule has 0 fully saturated rings. The van der Waals surface area contributed by atoms with Crippen molar-refractivity contribution >= 4 is 23.4 Å². The highest BCUT2D eigenvalue weighted by atomic mass is 35.5. The Morgan fingerprint density at radius 3 is 2.37 bits per heavy atom. The van der Waals surface area contributed by atoms with Gasteiger partial charge >= 0.3 is 0 Å². The van der Waals surface area contributed by atoms with Gasteiger partial charge in [-0.05, 0) is 30.7 Å². The molecule has 5 heteroatoms. The molecule has 0 aromatic heterocycles. The van der Waals surface area contributed by atoms with Crippen molar-refractivity contribution in [3.63, 3.8) is 0 Å². The molecule has 0 saturated carbocycles. The van der Waals surface area contributed by atoms with Gasteiger partial charge in [-0.3, -0.25) is 20.4 Å². The third-order valence-corrected chi connectivity index (χ3v) is 2.93. The second-order valence-corrected chi connectivity index (χ2v) is 4.76. The van der Waals surface area contributed by atoms with E-state index < -0.39 is 0 Å². The zero-order chi connectivity index (χ0) is 14.1. The molecule has 0 aliphatic rings. The number of carbonyl (C=O) groups is 2. The van der Waals surface area contributed by atoms with E-state index in [1.54, 1.807) is 24.3 Å². The van der Waals surface area contributed by atoms with Crippen LogP contribution in [0.5, 0.6) is 0 Å². The van der Waals surface area contributed by atoms with Crippen molar-refractivity contribution in [3.8, 4) is 0 Å². The molecule has 0 spiro atoms. The minimum Gasteiger partial charge on any atom is -0.273 e. The van der Waals surface area contributed by atoms with Crippen molar-refractivity contribution < 1.29 is 9.59 Å². The summed E-state index contributed by atoms with van der Waals surface area (Å²) in [7, 11) is 0. The maximum Gasteiger partial charge on any atom is 0.269 e. The highest BCUT2D eigenvalue weighted by molar-refractivity contribution is 6.30. The lowest BCUT2D eigenvalue weighted by Crippen LogP contribution is -2.41. The molecule has 2 N–H and O–H groups in total. The molecule has 0 unspecified atom stereocenters. The van der Waals surface area contributed by atoms with Gasteiger partial charge in [0.1, 0.15) is 0 Å². The molecular formula is C14H19ClN2O2. The van der Waals surface area contributed by atoms with E-state index in [0.717, 1.165) is 25.7 Å². The van der Waals surface area contributed by atoms with Gasteiger partial charge in [0.25, 0.3) is 5.91 Å². The second kappa shape index (κ2) is 8.53. The number of carbonyl (C=O) groups excluding carboxylic acids is 2. The first-order valence-electron chi connectivity index (χ1n) is 6.48. The maximum absolute atomic E-state index is 11.7. The Hall–Kier alpha value is -1.55. The molecule has 4 nitrogen and oxygen atoms in total. The Labute approximate surface area is 118 Å². The molecule has 0 heterocycles. The van der Waals surface area contributed by atoms with Crippen molar-refractivity contribution in [2.45, 2.75) is 39.0 Å². The predicted molar refractivity (Wildman–Crippen MR) is 75.8 cm³/mol. The Kier molecular flexibility index (Phi) is 6.97. The van der Waals surface area contributed by atoms with Gasteiger partial charge in [-0.15, -0.1) is 0 Å². The van der Waals surface area contributed by atoms with Gasteiger partial charge in [0.05, 0.1) is 0 Å². The van der Waals surface area contributed by atoms with Gasteiger partial charge in [-0.25, -0.2) is 0 Å². The molecule has 0 atom stereocenters. The maximum atomic E-state index is 11.7. The van der Waals surface area contributed by atoms with Gasteiger partial charge in [-0.2, -0.15) is 0 Å². The molecular weight excluding hydrogens is 264 g/mol. The number of rotatable bonds is 6. The lowest BCUT2D eigenvalue weighted by molar-refractivity contribution is -0.121. The summed E-state index contributed by atoms with van der Waals surface area (Å²) in [5.74, 6) is -0.517. The summed E-state index contributed by atoms with van der Waals surface area (Å²) in [6.07, 6.45) is 4.58. The lowest BCUT2D eigenvalue weighted by atomic mass is 10.1. The van der Waals surface area contributed by atoms with E-state index in [-0.39, 0.29) is 11.8 Å². The van der Waals surface area contributed by atoms with Crippen molar-refractivity contribution in [2.75, 3.05) is 0 Å². The number of hydrogen-bond donors (Lipinski definition) is 2. The number of hydrazine groups is 1. The number of unbranched alkanes of at least 4 members (excludes halogenated alkanes) is 3. The third-order valence-electron chi connectivity index (χ3n) is 2.68. The van der Waals surface area contributed by atoms with Crippen LogP contribution < -0.4 is 10.9 Å². The molecule has 104 valence electrons. The van der Waals surface area contributed by atoms with Crippen LogP contribution in [0.15, 0.2) is 24.3 Å². The Morgan fingerprint density at radius 2 is 1.74 bits per heavy atom. The number of benzene rings is 1. The smallest absolute Gasteiger partial charge is 0.269 e. The summed E-state index contributed by atoms with van der Waals surface area (Å²) < 4.78 is 0. The van der Waals surface area contributed by atoms with Gasteiger partial charge in [0.2, 0.25) is 5.91 Å². The summed E-state index contributed by atoms with van der Waals surface area (Å²) in [5.41, 5.74) is 5.23. The van der Waals surface area contributed by atoms with E-state index in [0.29, 0.717) is 17.0 Å². The largest absolute Gasteiger partial charge is 0.273 e. The molecule has 0 radical (unpaired) electrons. The molecule has 0 aliphatic heterocycles. The fourth-order valence-corrected chi connectivity index (χ4v) is 1.70. The number of halogens is 1. The van der Waals surface area contributed by atoms with E-state index in [2.05, 4.69) is 17.8 Å². The van der Waals surface area contributed by atoms with Gasteiger partial charge in [0.15, 0.2) is 0 Å². The normalized spacial score (nSPS) is 10.0. The van der Waals surface area contributed by atoms with Gasteiger partial charge in [-0.1, -0.05) is 37.8 Å². The summed E-state index contributed by atoms with van der Waals surface area (Å²) >= 11 is 5.73. The van der Waals surface area contributed by atoms with Crippen LogP contribution >= 0.6 is 11.6 Å². The average Bonchev–Trinajstić information content (AvgIpc) is 2.42. The molecule has 0 bridgehead atoms. The van der Waals surface area contributed by atoms with Crippen LogP contribution in [-0.2, 0) is 4.79 Å². The van der Waals surface area contributed by atoms with Crippen LogP contribution in [-0.4, -0.2) is 11.8 Å². The van der Waals surface area contributed by atoms with Crippen molar-refractivity contribution in [1.29, 1.82) is 0 Å². The number of amides is 2. The van der Waals surface area contributed by atoms with Crippen LogP contribution in [0.4, 0.5) is 0 Å². The van der Waals surface area contributed by atoms with E-state index in [4.69, 9.17) is 11.6 Å². The van der Waals surface area contributed by atoms with Crippen molar-refractivity contribution in [1.82, 2.24) is 10.9 Å². The monoisotopic (exact) mass is 282 g/mol. The SMILES string of the molecule is CCCCCCC(=O)NNC(=O)c1ccc(Cl)cc1. The van der Waals surface area contributed by atoms with E-state index in [9.17, 15) is 9.59 Å². The summed E-state index contributed by atoms with van der Waals surface area (Å²) in [6.45, 7) is 2.12. The third kappa shape index (κ3) is 6.25. The zero-order valence-electron chi connectivity index (χ0n) is 11.0. The molecule has 0 saturated heterocycles. The Bertz CT molecular complexity index is 418. The van der Waals surface area contributed by atoms with Crippen molar-refractivity contribution in [2.24, 2.45) is 0 Å². The fourth-order valence-electron chi connectivity index (χ4n) is 1.57. The van der Waals surface area contributed by atoms with Crippen LogP contribution in [0.3, 0.4) is 0 Å². The van der Waals surface area contributed by atoms with Gasteiger partial charge < -0.3 is 0 Å². The number of hydrogen-bond acceptors (Lipinski definition) is 2. The summed E-state index contributed by atoms with van der Waals surface area (Å²) in [6, 6.07) is 6.46. The molecule has 19 heavy (non-hydrogen) atoms. The van der Waals surface area contributed by atoms with Crippen LogP contribution in [0.1, 0.15) is 49.4 Å². The second-order valence-electron chi connectivity index (χ2n) is 4.32. The molecule has 0 aliphatic carbocycles. The molecule has 2 amide bonds. The van der Waals surface area contributed by atoms with E-state index in [1.165, 1.54) is 0 Å². The topological polar surface area (TPSA) is 58.2 Å².